The van der Waals surface area contributed by atoms with E-state index < -0.39 is 0 Å². The van der Waals surface area contributed by atoms with E-state index in [0.717, 1.165) is 31.6 Å². The van der Waals surface area contributed by atoms with Gasteiger partial charge in [-0.1, -0.05) is 30.3 Å². The molecule has 1 fully saturated rings. The molecule has 1 atom stereocenters. The average Bonchev–Trinajstić information content (AvgIpc) is 2.69. The van der Waals surface area contributed by atoms with E-state index in [1.807, 2.05) is 24.3 Å². The van der Waals surface area contributed by atoms with Gasteiger partial charge < -0.3 is 15.0 Å². The molecular weight excluding hydrogens is 316 g/mol. The number of benzene rings is 1. The minimum atomic E-state index is -0.00609. The Morgan fingerprint density at radius 1 is 1.24 bits per heavy atom. The van der Waals surface area contributed by atoms with Crippen LogP contribution < -0.4 is 15.0 Å². The van der Waals surface area contributed by atoms with Gasteiger partial charge in [-0.15, -0.1) is 10.2 Å². The summed E-state index contributed by atoms with van der Waals surface area (Å²) in [6, 6.07) is 13.9. The van der Waals surface area contributed by atoms with Crippen LogP contribution in [0.25, 0.3) is 0 Å². The summed E-state index contributed by atoms with van der Waals surface area (Å²) in [5.74, 6) is 1.41. The number of rotatable bonds is 6. The number of anilines is 1. The molecule has 2 aromatic rings. The summed E-state index contributed by atoms with van der Waals surface area (Å²) in [6.07, 6.45) is 2.74. The molecule has 1 amide bonds. The predicted molar refractivity (Wildman–Crippen MR) is 96.7 cm³/mol. The molecule has 1 aromatic carbocycles. The lowest BCUT2D eigenvalue weighted by Crippen LogP contribution is -2.43. The van der Waals surface area contributed by atoms with Crippen molar-refractivity contribution in [1.29, 1.82) is 0 Å². The Morgan fingerprint density at radius 3 is 2.80 bits per heavy atom. The summed E-state index contributed by atoms with van der Waals surface area (Å²) in [6.45, 7) is 2.24. The van der Waals surface area contributed by atoms with Gasteiger partial charge in [0.05, 0.1) is 13.0 Å². The molecule has 0 radical (unpaired) electrons. The number of carbonyl (C=O) groups excluding carboxylic acids is 1. The number of aromatic nitrogens is 2. The van der Waals surface area contributed by atoms with E-state index in [2.05, 4.69) is 32.5 Å². The number of nitrogens with one attached hydrogen (secondary N) is 1. The van der Waals surface area contributed by atoms with Crippen molar-refractivity contribution in [2.24, 2.45) is 5.92 Å². The number of carbonyl (C=O) groups is 1. The standard InChI is InChI=1S/C19H24N4O2/c1-25-18-10-9-17(21-22-18)23-13-5-8-16(14-23)19(24)20-12-11-15-6-3-2-4-7-15/h2-4,6-7,9-10,16H,5,8,11-14H2,1H3,(H,20,24). The lowest BCUT2D eigenvalue weighted by molar-refractivity contribution is -0.125. The number of nitrogens with zero attached hydrogens (tertiary/aromatic N) is 3. The molecule has 6 heteroatoms. The van der Waals surface area contributed by atoms with E-state index in [1.165, 1.54) is 5.56 Å². The topological polar surface area (TPSA) is 67.3 Å². The van der Waals surface area contributed by atoms with Crippen LogP contribution in [-0.4, -0.2) is 42.8 Å². The minimum absolute atomic E-state index is 0.00609. The molecule has 1 unspecified atom stereocenters. The molecule has 1 aliphatic rings. The van der Waals surface area contributed by atoms with Crippen molar-refractivity contribution in [1.82, 2.24) is 15.5 Å². The second-order valence-electron chi connectivity index (χ2n) is 6.25. The molecule has 0 bridgehead atoms. The molecule has 1 aromatic heterocycles. The quantitative estimate of drug-likeness (QED) is 0.872. The maximum absolute atomic E-state index is 12.5. The smallest absolute Gasteiger partial charge is 0.233 e. The molecule has 0 saturated carbocycles. The second-order valence-corrected chi connectivity index (χ2v) is 6.25. The van der Waals surface area contributed by atoms with Crippen molar-refractivity contribution in [3.05, 3.63) is 48.0 Å². The molecule has 132 valence electrons. The third kappa shape index (κ3) is 4.68. The highest BCUT2D eigenvalue weighted by Crippen LogP contribution is 2.22. The van der Waals surface area contributed by atoms with E-state index in [9.17, 15) is 4.79 Å². The Bertz CT molecular complexity index is 676. The number of hydrogen-bond acceptors (Lipinski definition) is 5. The Balaban J connectivity index is 1.50. The number of ether oxygens (including phenoxy) is 1. The van der Waals surface area contributed by atoms with E-state index >= 15 is 0 Å². The molecule has 2 heterocycles. The van der Waals surface area contributed by atoms with Crippen molar-refractivity contribution in [2.75, 3.05) is 31.6 Å². The molecule has 0 spiro atoms. The molecule has 0 aliphatic carbocycles. The van der Waals surface area contributed by atoms with Gasteiger partial charge in [0.25, 0.3) is 0 Å². The number of methoxy groups -OCH3 is 1. The fourth-order valence-corrected chi connectivity index (χ4v) is 3.11. The molecule has 25 heavy (non-hydrogen) atoms. The third-order valence-corrected chi connectivity index (χ3v) is 4.51. The average molecular weight is 340 g/mol. The Labute approximate surface area is 148 Å². The van der Waals surface area contributed by atoms with E-state index in [1.54, 1.807) is 13.2 Å². The van der Waals surface area contributed by atoms with Gasteiger partial charge in [-0.2, -0.15) is 0 Å². The van der Waals surface area contributed by atoms with Crippen LogP contribution in [0.1, 0.15) is 18.4 Å². The molecule has 3 rings (SSSR count). The largest absolute Gasteiger partial charge is 0.480 e. The second kappa shape index (κ2) is 8.46. The van der Waals surface area contributed by atoms with Crippen molar-refractivity contribution in [3.8, 4) is 5.88 Å². The normalized spacial score (nSPS) is 17.2. The highest BCUT2D eigenvalue weighted by molar-refractivity contribution is 5.79. The number of amides is 1. The summed E-state index contributed by atoms with van der Waals surface area (Å²) in [5.41, 5.74) is 1.24. The molecule has 6 nitrogen and oxygen atoms in total. The van der Waals surface area contributed by atoms with Crippen LogP contribution in [0.15, 0.2) is 42.5 Å². The summed E-state index contributed by atoms with van der Waals surface area (Å²) in [5, 5.41) is 11.3. The van der Waals surface area contributed by atoms with Crippen LogP contribution in [0.3, 0.4) is 0 Å². The third-order valence-electron chi connectivity index (χ3n) is 4.51. The fourth-order valence-electron chi connectivity index (χ4n) is 3.11. The monoisotopic (exact) mass is 340 g/mol. The van der Waals surface area contributed by atoms with Crippen LogP contribution in [0, 0.1) is 5.92 Å². The lowest BCUT2D eigenvalue weighted by Gasteiger charge is -2.32. The van der Waals surface area contributed by atoms with Crippen molar-refractivity contribution in [3.63, 3.8) is 0 Å². The predicted octanol–water partition coefficient (Wildman–Crippen LogP) is 2.06. The lowest BCUT2D eigenvalue weighted by atomic mass is 9.97. The number of hydrogen-bond donors (Lipinski definition) is 1. The maximum atomic E-state index is 12.5. The first-order valence-corrected chi connectivity index (χ1v) is 8.70. The van der Waals surface area contributed by atoms with Crippen LogP contribution in [0.5, 0.6) is 5.88 Å². The highest BCUT2D eigenvalue weighted by Gasteiger charge is 2.26. The van der Waals surface area contributed by atoms with Crippen molar-refractivity contribution in [2.45, 2.75) is 19.3 Å². The number of piperidine rings is 1. The summed E-state index contributed by atoms with van der Waals surface area (Å²) >= 11 is 0. The highest BCUT2D eigenvalue weighted by atomic mass is 16.5. The zero-order valence-corrected chi connectivity index (χ0v) is 14.5. The van der Waals surface area contributed by atoms with Crippen molar-refractivity contribution < 1.29 is 9.53 Å². The van der Waals surface area contributed by atoms with E-state index in [-0.39, 0.29) is 11.8 Å². The Kier molecular flexibility index (Phi) is 5.82. The first-order chi connectivity index (χ1) is 12.3. The van der Waals surface area contributed by atoms with E-state index in [4.69, 9.17) is 4.74 Å². The zero-order valence-electron chi connectivity index (χ0n) is 14.5. The Morgan fingerprint density at radius 2 is 2.08 bits per heavy atom. The minimum Gasteiger partial charge on any atom is -0.480 e. The van der Waals surface area contributed by atoms with Crippen LogP contribution >= 0.6 is 0 Å². The van der Waals surface area contributed by atoms with Gasteiger partial charge in [0.1, 0.15) is 0 Å². The van der Waals surface area contributed by atoms with Crippen LogP contribution in [0.4, 0.5) is 5.82 Å². The molecule has 1 N–H and O–H groups in total. The molecular formula is C19H24N4O2. The maximum Gasteiger partial charge on any atom is 0.233 e. The van der Waals surface area contributed by atoms with E-state index in [0.29, 0.717) is 19.0 Å². The van der Waals surface area contributed by atoms with Gasteiger partial charge in [0.15, 0.2) is 5.82 Å². The van der Waals surface area contributed by atoms with Crippen LogP contribution in [-0.2, 0) is 11.2 Å². The zero-order chi connectivity index (χ0) is 17.5. The Hall–Kier alpha value is -2.63. The fraction of sp³-hybridized carbons (Fsp3) is 0.421. The van der Waals surface area contributed by atoms with Gasteiger partial charge in [-0.05, 0) is 30.9 Å². The summed E-state index contributed by atoms with van der Waals surface area (Å²) < 4.78 is 5.04. The van der Waals surface area contributed by atoms with Gasteiger partial charge in [0, 0.05) is 25.7 Å². The van der Waals surface area contributed by atoms with Gasteiger partial charge in [-0.25, -0.2) is 0 Å². The SMILES string of the molecule is COc1ccc(N2CCCC(C(=O)NCCc3ccccc3)C2)nn1. The summed E-state index contributed by atoms with van der Waals surface area (Å²) in [4.78, 5) is 14.6. The summed E-state index contributed by atoms with van der Waals surface area (Å²) in [7, 11) is 1.57. The van der Waals surface area contributed by atoms with Crippen molar-refractivity contribution >= 4 is 11.7 Å². The molecule has 1 aliphatic heterocycles. The van der Waals surface area contributed by atoms with Gasteiger partial charge in [-0.3, -0.25) is 4.79 Å². The molecule has 1 saturated heterocycles. The first kappa shape index (κ1) is 17.2. The van der Waals surface area contributed by atoms with Gasteiger partial charge >= 0.3 is 0 Å². The van der Waals surface area contributed by atoms with Crippen LogP contribution in [0.2, 0.25) is 0 Å². The first-order valence-electron chi connectivity index (χ1n) is 8.70. The van der Waals surface area contributed by atoms with Gasteiger partial charge in [0.2, 0.25) is 11.8 Å².